The lowest BCUT2D eigenvalue weighted by atomic mass is 10.0. The molecule has 0 saturated carbocycles. The summed E-state index contributed by atoms with van der Waals surface area (Å²) in [4.78, 5) is 12.9. The number of benzene rings is 1. The van der Waals surface area contributed by atoms with Gasteiger partial charge in [0.1, 0.15) is 4.88 Å². The summed E-state index contributed by atoms with van der Waals surface area (Å²) in [5, 5.41) is 4.97. The third kappa shape index (κ3) is 3.00. The predicted octanol–water partition coefficient (Wildman–Crippen LogP) is 4.39. The minimum absolute atomic E-state index is 0.0208. The first-order valence-electron chi connectivity index (χ1n) is 5.81. The van der Waals surface area contributed by atoms with Crippen molar-refractivity contribution >= 4 is 33.2 Å². The van der Waals surface area contributed by atoms with Crippen molar-refractivity contribution in [2.24, 2.45) is 0 Å². The van der Waals surface area contributed by atoms with Gasteiger partial charge in [-0.2, -0.15) is 0 Å². The summed E-state index contributed by atoms with van der Waals surface area (Å²) >= 11 is 4.83. The maximum absolute atomic E-state index is 12.1. The van der Waals surface area contributed by atoms with E-state index in [1.54, 1.807) is 0 Å². The van der Waals surface area contributed by atoms with Crippen LogP contribution in [0.4, 0.5) is 0 Å². The van der Waals surface area contributed by atoms with E-state index in [9.17, 15) is 4.79 Å². The van der Waals surface area contributed by atoms with E-state index in [0.717, 1.165) is 21.3 Å². The lowest BCUT2D eigenvalue weighted by Crippen LogP contribution is -2.27. The molecule has 1 N–H and O–H groups in total. The van der Waals surface area contributed by atoms with Crippen LogP contribution in [0.2, 0.25) is 0 Å². The summed E-state index contributed by atoms with van der Waals surface area (Å²) in [7, 11) is 0. The van der Waals surface area contributed by atoms with Gasteiger partial charge in [0.2, 0.25) is 0 Å². The maximum Gasteiger partial charge on any atom is 0.262 e. The molecular weight excluding hydrogens is 310 g/mol. The van der Waals surface area contributed by atoms with Gasteiger partial charge in [0.25, 0.3) is 5.91 Å². The monoisotopic (exact) mass is 323 g/mol. The molecule has 2 rings (SSSR count). The second-order valence-corrected chi connectivity index (χ2v) is 5.71. The number of carbonyl (C=O) groups is 1. The Kier molecular flexibility index (Phi) is 4.55. The summed E-state index contributed by atoms with van der Waals surface area (Å²) < 4.78 is 0.855. The molecule has 94 valence electrons. The number of thiophene rings is 1. The van der Waals surface area contributed by atoms with Crippen LogP contribution in [-0.4, -0.2) is 5.91 Å². The molecule has 1 atom stereocenters. The van der Waals surface area contributed by atoms with Crippen molar-refractivity contribution in [1.82, 2.24) is 5.32 Å². The Morgan fingerprint density at radius 3 is 2.61 bits per heavy atom. The summed E-state index contributed by atoms with van der Waals surface area (Å²) in [6.45, 7) is 2.07. The average Bonchev–Trinajstić information content (AvgIpc) is 2.83. The first-order valence-corrected chi connectivity index (χ1v) is 7.48. The Bertz CT molecular complexity index is 524. The highest BCUT2D eigenvalue weighted by Gasteiger charge is 2.16. The molecule has 1 aromatic carbocycles. The number of amides is 1. The number of hydrogen-bond acceptors (Lipinski definition) is 2. The fourth-order valence-corrected chi connectivity index (χ4v) is 3.24. The molecule has 2 nitrogen and oxygen atoms in total. The zero-order valence-electron chi connectivity index (χ0n) is 10.0. The van der Waals surface area contributed by atoms with Crippen LogP contribution in [0, 0.1) is 0 Å². The Morgan fingerprint density at radius 2 is 2.06 bits per heavy atom. The fraction of sp³-hybridized carbons (Fsp3) is 0.214. The third-order valence-electron chi connectivity index (χ3n) is 2.74. The van der Waals surface area contributed by atoms with Crippen molar-refractivity contribution < 1.29 is 4.79 Å². The van der Waals surface area contributed by atoms with Gasteiger partial charge in [0, 0.05) is 4.47 Å². The van der Waals surface area contributed by atoms with Crippen LogP contribution in [-0.2, 0) is 0 Å². The van der Waals surface area contributed by atoms with E-state index >= 15 is 0 Å². The molecule has 18 heavy (non-hydrogen) atoms. The van der Waals surface area contributed by atoms with Gasteiger partial charge in [-0.25, -0.2) is 0 Å². The van der Waals surface area contributed by atoms with Crippen molar-refractivity contribution in [3.8, 4) is 0 Å². The molecule has 4 heteroatoms. The van der Waals surface area contributed by atoms with Gasteiger partial charge in [-0.15, -0.1) is 11.3 Å². The first-order chi connectivity index (χ1) is 8.72. The van der Waals surface area contributed by atoms with E-state index in [1.165, 1.54) is 11.3 Å². The van der Waals surface area contributed by atoms with Gasteiger partial charge in [-0.3, -0.25) is 4.79 Å². The number of hydrogen-bond donors (Lipinski definition) is 1. The standard InChI is InChI=1S/C14H14BrNOS/c1-2-12(10-6-4-3-5-7-10)16-14(17)13-11(15)8-9-18-13/h3-9,12H,2H2,1H3,(H,16,17). The number of rotatable bonds is 4. The Labute approximate surface area is 119 Å². The summed E-state index contributed by atoms with van der Waals surface area (Å²) in [5.41, 5.74) is 1.14. The molecule has 0 bridgehead atoms. The van der Waals surface area contributed by atoms with E-state index in [2.05, 4.69) is 28.2 Å². The molecule has 0 radical (unpaired) electrons. The Balaban J connectivity index is 2.13. The van der Waals surface area contributed by atoms with E-state index < -0.39 is 0 Å². The molecule has 1 amide bonds. The van der Waals surface area contributed by atoms with Crippen LogP contribution < -0.4 is 5.32 Å². The smallest absolute Gasteiger partial charge is 0.262 e. The number of carbonyl (C=O) groups excluding carboxylic acids is 1. The molecule has 2 aromatic rings. The number of halogens is 1. The molecule has 0 spiro atoms. The molecule has 1 aromatic heterocycles. The molecule has 1 heterocycles. The van der Waals surface area contributed by atoms with Crippen LogP contribution in [0.25, 0.3) is 0 Å². The Morgan fingerprint density at radius 1 is 1.33 bits per heavy atom. The van der Waals surface area contributed by atoms with E-state index in [4.69, 9.17) is 0 Å². The molecule has 0 aliphatic heterocycles. The van der Waals surface area contributed by atoms with Crippen molar-refractivity contribution in [3.63, 3.8) is 0 Å². The number of nitrogens with one attached hydrogen (secondary N) is 1. The summed E-state index contributed by atoms with van der Waals surface area (Å²) in [5.74, 6) is -0.0208. The fourth-order valence-electron chi connectivity index (χ4n) is 1.79. The summed E-state index contributed by atoms with van der Waals surface area (Å²) in [6.07, 6.45) is 0.874. The molecule has 0 aliphatic rings. The largest absolute Gasteiger partial charge is 0.345 e. The van der Waals surface area contributed by atoms with Gasteiger partial charge in [-0.1, -0.05) is 37.3 Å². The Hall–Kier alpha value is -1.13. The van der Waals surface area contributed by atoms with Crippen LogP contribution in [0.1, 0.15) is 34.6 Å². The van der Waals surface area contributed by atoms with Gasteiger partial charge in [-0.05, 0) is 39.4 Å². The van der Waals surface area contributed by atoms with E-state index in [1.807, 2.05) is 41.8 Å². The average molecular weight is 324 g/mol. The first kappa shape index (κ1) is 13.3. The zero-order valence-corrected chi connectivity index (χ0v) is 12.4. The van der Waals surface area contributed by atoms with Gasteiger partial charge >= 0.3 is 0 Å². The van der Waals surface area contributed by atoms with Gasteiger partial charge in [0.15, 0.2) is 0 Å². The predicted molar refractivity (Wildman–Crippen MR) is 79.0 cm³/mol. The normalized spacial score (nSPS) is 12.1. The van der Waals surface area contributed by atoms with E-state index in [-0.39, 0.29) is 11.9 Å². The van der Waals surface area contributed by atoms with Crippen LogP contribution in [0.5, 0.6) is 0 Å². The topological polar surface area (TPSA) is 29.1 Å². The molecular formula is C14H14BrNOS. The van der Waals surface area contributed by atoms with Gasteiger partial charge in [0.05, 0.1) is 6.04 Å². The second kappa shape index (κ2) is 6.16. The second-order valence-electron chi connectivity index (χ2n) is 3.94. The quantitative estimate of drug-likeness (QED) is 0.888. The van der Waals surface area contributed by atoms with E-state index in [0.29, 0.717) is 0 Å². The highest BCUT2D eigenvalue weighted by molar-refractivity contribution is 9.10. The highest BCUT2D eigenvalue weighted by atomic mass is 79.9. The van der Waals surface area contributed by atoms with Crippen molar-refractivity contribution in [3.05, 3.63) is 56.7 Å². The molecule has 0 aliphatic carbocycles. The van der Waals surface area contributed by atoms with Crippen LogP contribution >= 0.6 is 27.3 Å². The maximum atomic E-state index is 12.1. The summed E-state index contributed by atoms with van der Waals surface area (Å²) in [6, 6.07) is 12.0. The van der Waals surface area contributed by atoms with Crippen molar-refractivity contribution in [2.45, 2.75) is 19.4 Å². The molecule has 0 fully saturated rings. The molecule has 0 saturated heterocycles. The lowest BCUT2D eigenvalue weighted by Gasteiger charge is -2.17. The van der Waals surface area contributed by atoms with Crippen molar-refractivity contribution in [2.75, 3.05) is 0 Å². The highest BCUT2D eigenvalue weighted by Crippen LogP contribution is 2.24. The lowest BCUT2D eigenvalue weighted by molar-refractivity contribution is 0.0939. The SMILES string of the molecule is CCC(NC(=O)c1sccc1Br)c1ccccc1. The molecule has 1 unspecified atom stereocenters. The zero-order chi connectivity index (χ0) is 13.0. The third-order valence-corrected chi connectivity index (χ3v) is 4.58. The van der Waals surface area contributed by atoms with Gasteiger partial charge < -0.3 is 5.32 Å². The van der Waals surface area contributed by atoms with Crippen molar-refractivity contribution in [1.29, 1.82) is 0 Å². The minimum Gasteiger partial charge on any atom is -0.345 e. The van der Waals surface area contributed by atoms with Crippen LogP contribution in [0.15, 0.2) is 46.3 Å². The minimum atomic E-state index is -0.0208. The van der Waals surface area contributed by atoms with Crippen LogP contribution in [0.3, 0.4) is 0 Å².